The van der Waals surface area contributed by atoms with Crippen molar-refractivity contribution in [1.82, 2.24) is 14.5 Å². The second-order valence-electron chi connectivity index (χ2n) is 9.41. The van der Waals surface area contributed by atoms with Crippen LogP contribution in [0.25, 0.3) is 43.6 Å². The van der Waals surface area contributed by atoms with Crippen molar-refractivity contribution in [3.8, 4) is 0 Å². The average Bonchev–Trinajstić information content (AvgIpc) is 3.44. The highest BCUT2D eigenvalue weighted by atomic mass is 16.5. The van der Waals surface area contributed by atoms with E-state index in [1.807, 2.05) is 6.07 Å². The number of carbonyl (C=O) groups excluding carboxylic acids is 1. The number of fused-ring (bicyclic) bond motifs is 13. The summed E-state index contributed by atoms with van der Waals surface area (Å²) in [5.41, 5.74) is 12.7. The van der Waals surface area contributed by atoms with Crippen molar-refractivity contribution in [2.75, 3.05) is 0 Å². The van der Waals surface area contributed by atoms with Gasteiger partial charge in [0.25, 0.3) is 5.91 Å². The standard InChI is InChI=1S/C25H20N4O2/c1-25(26)10-17-28-15-8-4-3-7-13(15)19-20-14(11-27-23(20)30)18-12-6-2-5-9-16(12)29(24(25)31-17)21(18)22(19)28/h2-9,17,24H,10-11,26H2,1H3,(H,27,30). The van der Waals surface area contributed by atoms with Crippen molar-refractivity contribution < 1.29 is 9.53 Å². The van der Waals surface area contributed by atoms with Crippen molar-refractivity contribution in [3.05, 3.63) is 59.7 Å². The molecule has 2 bridgehead atoms. The van der Waals surface area contributed by atoms with E-state index in [0.717, 1.165) is 54.7 Å². The molecule has 6 nitrogen and oxygen atoms in total. The van der Waals surface area contributed by atoms with Crippen LogP contribution in [0.5, 0.6) is 0 Å². The van der Waals surface area contributed by atoms with E-state index in [1.54, 1.807) is 0 Å². The van der Waals surface area contributed by atoms with Gasteiger partial charge in [0.15, 0.2) is 6.23 Å². The number of nitrogens with one attached hydrogen (secondary N) is 1. The van der Waals surface area contributed by atoms with Gasteiger partial charge in [0.05, 0.1) is 33.2 Å². The number of aromatic nitrogens is 2. The minimum atomic E-state index is -0.512. The molecule has 2 aromatic heterocycles. The third kappa shape index (κ3) is 1.66. The van der Waals surface area contributed by atoms with Gasteiger partial charge >= 0.3 is 0 Å². The second kappa shape index (κ2) is 4.93. The number of nitrogens with zero attached hydrogens (tertiary/aromatic N) is 2. The Morgan fingerprint density at radius 3 is 2.42 bits per heavy atom. The van der Waals surface area contributed by atoms with E-state index in [1.165, 1.54) is 0 Å². The van der Waals surface area contributed by atoms with E-state index < -0.39 is 5.54 Å². The third-order valence-corrected chi connectivity index (χ3v) is 7.54. The van der Waals surface area contributed by atoms with Gasteiger partial charge in [-0.05, 0) is 24.6 Å². The van der Waals surface area contributed by atoms with Gasteiger partial charge in [-0.2, -0.15) is 0 Å². The Bertz CT molecular complexity index is 1660. The summed E-state index contributed by atoms with van der Waals surface area (Å²) < 4.78 is 11.3. The van der Waals surface area contributed by atoms with E-state index in [4.69, 9.17) is 10.5 Å². The van der Waals surface area contributed by atoms with Crippen LogP contribution in [-0.2, 0) is 11.3 Å². The molecule has 8 rings (SSSR count). The Kier molecular flexibility index (Phi) is 2.60. The highest BCUT2D eigenvalue weighted by Gasteiger charge is 2.49. The number of carbonyl (C=O) groups is 1. The number of hydrogen-bond acceptors (Lipinski definition) is 3. The minimum absolute atomic E-state index is 0.00984. The van der Waals surface area contributed by atoms with E-state index in [0.29, 0.717) is 13.0 Å². The Morgan fingerprint density at radius 2 is 1.65 bits per heavy atom. The van der Waals surface area contributed by atoms with E-state index in [-0.39, 0.29) is 18.4 Å². The number of amides is 1. The minimum Gasteiger partial charge on any atom is -0.348 e. The molecule has 1 amide bonds. The molecule has 5 aromatic rings. The molecule has 3 atom stereocenters. The zero-order chi connectivity index (χ0) is 20.6. The fourth-order valence-electron chi connectivity index (χ4n) is 6.39. The van der Waals surface area contributed by atoms with Crippen LogP contribution in [0, 0.1) is 0 Å². The van der Waals surface area contributed by atoms with Crippen LogP contribution >= 0.6 is 0 Å². The molecule has 3 N–H and O–H groups in total. The number of nitrogens with two attached hydrogens (primary N) is 1. The van der Waals surface area contributed by atoms with Crippen molar-refractivity contribution >= 4 is 49.5 Å². The highest BCUT2D eigenvalue weighted by molar-refractivity contribution is 6.30. The van der Waals surface area contributed by atoms with Crippen molar-refractivity contribution in [1.29, 1.82) is 0 Å². The number of rotatable bonds is 0. The summed E-state index contributed by atoms with van der Waals surface area (Å²) in [5, 5.41) is 7.52. The molecule has 0 radical (unpaired) electrons. The highest BCUT2D eigenvalue weighted by Crippen LogP contribution is 2.54. The molecule has 3 aromatic carbocycles. The van der Waals surface area contributed by atoms with Crippen LogP contribution in [0.15, 0.2) is 48.5 Å². The molecule has 1 fully saturated rings. The maximum Gasteiger partial charge on any atom is 0.252 e. The first-order valence-corrected chi connectivity index (χ1v) is 10.8. The van der Waals surface area contributed by atoms with E-state index in [9.17, 15) is 4.79 Å². The summed E-state index contributed by atoms with van der Waals surface area (Å²) in [6.45, 7) is 2.63. The normalized spacial score (nSPS) is 26.5. The molecule has 1 saturated heterocycles. The van der Waals surface area contributed by atoms with Crippen molar-refractivity contribution in [2.45, 2.75) is 37.9 Å². The van der Waals surface area contributed by atoms with Gasteiger partial charge in [-0.1, -0.05) is 36.4 Å². The zero-order valence-corrected chi connectivity index (χ0v) is 17.0. The summed E-state index contributed by atoms with van der Waals surface area (Å²) >= 11 is 0. The first-order chi connectivity index (χ1) is 15.1. The molecular formula is C25H20N4O2. The first kappa shape index (κ1) is 16.4. The topological polar surface area (TPSA) is 74.2 Å². The van der Waals surface area contributed by atoms with Gasteiger partial charge < -0.3 is 24.9 Å². The maximum atomic E-state index is 13.1. The lowest BCUT2D eigenvalue weighted by atomic mass is 9.95. The van der Waals surface area contributed by atoms with Crippen LogP contribution in [-0.4, -0.2) is 20.6 Å². The fourth-order valence-corrected chi connectivity index (χ4v) is 6.39. The quantitative estimate of drug-likeness (QED) is 0.401. The van der Waals surface area contributed by atoms with Gasteiger partial charge in [0.2, 0.25) is 0 Å². The monoisotopic (exact) mass is 408 g/mol. The van der Waals surface area contributed by atoms with Gasteiger partial charge in [0.1, 0.15) is 6.23 Å². The van der Waals surface area contributed by atoms with Gasteiger partial charge in [-0.15, -0.1) is 0 Å². The molecule has 152 valence electrons. The second-order valence-corrected chi connectivity index (χ2v) is 9.41. The number of ether oxygens (including phenoxy) is 1. The molecular weight excluding hydrogens is 388 g/mol. The van der Waals surface area contributed by atoms with Gasteiger partial charge in [-0.3, -0.25) is 4.79 Å². The van der Waals surface area contributed by atoms with Crippen molar-refractivity contribution in [2.24, 2.45) is 5.73 Å². The van der Waals surface area contributed by atoms with Crippen LogP contribution in [0.1, 0.15) is 41.7 Å². The molecule has 0 saturated carbocycles. The number of benzene rings is 3. The predicted molar refractivity (Wildman–Crippen MR) is 120 cm³/mol. The summed E-state index contributed by atoms with van der Waals surface area (Å²) in [6, 6.07) is 16.8. The Hall–Kier alpha value is -3.35. The predicted octanol–water partition coefficient (Wildman–Crippen LogP) is 4.29. The maximum absolute atomic E-state index is 13.1. The molecule has 5 heterocycles. The molecule has 3 unspecified atom stereocenters. The average molecular weight is 408 g/mol. The van der Waals surface area contributed by atoms with Gasteiger partial charge in [-0.25, -0.2) is 0 Å². The van der Waals surface area contributed by atoms with Crippen LogP contribution in [0.3, 0.4) is 0 Å². The summed E-state index contributed by atoms with van der Waals surface area (Å²) in [4.78, 5) is 13.1. The van der Waals surface area contributed by atoms with Gasteiger partial charge in [0, 0.05) is 34.5 Å². The third-order valence-electron chi connectivity index (χ3n) is 7.54. The molecule has 0 spiro atoms. The molecule has 6 heteroatoms. The molecule has 3 aliphatic rings. The van der Waals surface area contributed by atoms with Crippen LogP contribution in [0.2, 0.25) is 0 Å². The summed E-state index contributed by atoms with van der Waals surface area (Å²) in [7, 11) is 0. The molecule has 31 heavy (non-hydrogen) atoms. The Morgan fingerprint density at radius 1 is 1.00 bits per heavy atom. The first-order valence-electron chi connectivity index (χ1n) is 10.8. The smallest absolute Gasteiger partial charge is 0.252 e. The van der Waals surface area contributed by atoms with Crippen LogP contribution < -0.4 is 11.1 Å². The SMILES string of the molecule is CC1(N)CC2OC1n1c3ccccc3c3c4c(c5c6ccccc6n2c5c31)C(=O)NC4. The zero-order valence-electron chi connectivity index (χ0n) is 17.0. The largest absolute Gasteiger partial charge is 0.348 e. The summed E-state index contributed by atoms with van der Waals surface area (Å²) in [6.07, 6.45) is 0.263. The number of hydrogen-bond donors (Lipinski definition) is 2. The van der Waals surface area contributed by atoms with Crippen molar-refractivity contribution in [3.63, 3.8) is 0 Å². The molecule has 3 aliphatic heterocycles. The fraction of sp³-hybridized carbons (Fsp3) is 0.240. The lowest BCUT2D eigenvalue weighted by molar-refractivity contribution is -0.0357. The van der Waals surface area contributed by atoms with Crippen LogP contribution in [0.4, 0.5) is 0 Å². The number of para-hydroxylation sites is 2. The lowest BCUT2D eigenvalue weighted by Gasteiger charge is -2.28. The molecule has 0 aliphatic carbocycles. The van der Waals surface area contributed by atoms with E-state index >= 15 is 0 Å². The lowest BCUT2D eigenvalue weighted by Crippen LogP contribution is -2.41. The summed E-state index contributed by atoms with van der Waals surface area (Å²) in [5.74, 6) is 0.00984. The Labute approximate surface area is 177 Å². The Balaban J connectivity index is 1.79. The van der Waals surface area contributed by atoms with E-state index in [2.05, 4.69) is 63.8 Å².